The maximum Gasteiger partial charge on any atom is 0.472 e. The monoisotopic (exact) mass is 998 g/mol. The van der Waals surface area contributed by atoms with Gasteiger partial charge >= 0.3 is 7.82 Å². The Balaban J connectivity index is 4.35. The number of hydrogen-bond acceptors (Lipinski definition) is 5. The summed E-state index contributed by atoms with van der Waals surface area (Å²) in [6.45, 7) is 4.66. The molecule has 3 unspecified atom stereocenters. The third-order valence-electron chi connectivity index (χ3n) is 12.3. The summed E-state index contributed by atoms with van der Waals surface area (Å²) in [4.78, 5) is 23.3. The van der Waals surface area contributed by atoms with Crippen LogP contribution in [0.1, 0.15) is 232 Å². The van der Waals surface area contributed by atoms with E-state index in [1.165, 1.54) is 116 Å². The number of phosphoric ester groups is 1. The van der Waals surface area contributed by atoms with Crippen LogP contribution in [0.5, 0.6) is 0 Å². The highest BCUT2D eigenvalue weighted by Crippen LogP contribution is 2.43. The summed E-state index contributed by atoms with van der Waals surface area (Å²) in [5.74, 6) is -0.212. The van der Waals surface area contributed by atoms with E-state index in [-0.39, 0.29) is 19.1 Å². The predicted octanol–water partition coefficient (Wildman–Crippen LogP) is 17.4. The molecule has 0 aliphatic heterocycles. The number of rotatable bonds is 51. The average molecular weight is 999 g/mol. The Morgan fingerprint density at radius 1 is 0.500 bits per heavy atom. The zero-order chi connectivity index (χ0) is 51.3. The zero-order valence-corrected chi connectivity index (χ0v) is 46.9. The number of nitrogens with zero attached hydrogens (tertiary/aromatic N) is 1. The van der Waals surface area contributed by atoms with Crippen molar-refractivity contribution in [2.24, 2.45) is 0 Å². The minimum atomic E-state index is -4.37. The molecule has 0 aromatic rings. The summed E-state index contributed by atoms with van der Waals surface area (Å²) in [6.07, 6.45) is 73.7. The molecule has 0 aliphatic rings. The van der Waals surface area contributed by atoms with Crippen LogP contribution in [0.4, 0.5) is 0 Å². The molecular formula is C61H110N2O6P+. The van der Waals surface area contributed by atoms with E-state index in [1.54, 1.807) is 6.08 Å². The first-order chi connectivity index (χ1) is 34.0. The molecule has 0 saturated carbocycles. The van der Waals surface area contributed by atoms with Crippen molar-refractivity contribution in [2.75, 3.05) is 40.9 Å². The Morgan fingerprint density at radius 2 is 0.871 bits per heavy atom. The van der Waals surface area contributed by atoms with Crippen LogP contribution in [0.2, 0.25) is 0 Å². The highest BCUT2D eigenvalue weighted by molar-refractivity contribution is 7.47. The first-order valence-corrected chi connectivity index (χ1v) is 30.1. The summed E-state index contributed by atoms with van der Waals surface area (Å²) in [5, 5.41) is 13.9. The lowest BCUT2D eigenvalue weighted by molar-refractivity contribution is -0.870. The summed E-state index contributed by atoms with van der Waals surface area (Å²) in [5.41, 5.74) is 0. The number of nitrogens with one attached hydrogen (secondary N) is 1. The lowest BCUT2D eigenvalue weighted by Crippen LogP contribution is -2.45. The van der Waals surface area contributed by atoms with Gasteiger partial charge in [-0.1, -0.05) is 233 Å². The summed E-state index contributed by atoms with van der Waals surface area (Å²) < 4.78 is 23.7. The number of aliphatic hydroxyl groups excluding tert-OH is 1. The lowest BCUT2D eigenvalue weighted by Gasteiger charge is -2.25. The van der Waals surface area contributed by atoms with Crippen molar-refractivity contribution >= 4 is 13.7 Å². The van der Waals surface area contributed by atoms with Gasteiger partial charge in [0, 0.05) is 6.42 Å². The Hall–Kier alpha value is -2.58. The first kappa shape index (κ1) is 67.4. The van der Waals surface area contributed by atoms with Crippen LogP contribution in [0.25, 0.3) is 0 Å². The van der Waals surface area contributed by atoms with E-state index < -0.39 is 20.0 Å². The van der Waals surface area contributed by atoms with Crippen molar-refractivity contribution < 1.29 is 32.9 Å². The fourth-order valence-electron chi connectivity index (χ4n) is 7.81. The normalized spacial score (nSPS) is 14.7. The molecule has 0 saturated heterocycles. The molecular weight excluding hydrogens is 888 g/mol. The molecule has 9 heteroatoms. The molecule has 0 bridgehead atoms. The van der Waals surface area contributed by atoms with Crippen molar-refractivity contribution in [3.05, 3.63) is 97.2 Å². The fourth-order valence-corrected chi connectivity index (χ4v) is 8.54. The second-order valence-corrected chi connectivity index (χ2v) is 21.7. The van der Waals surface area contributed by atoms with Crippen LogP contribution < -0.4 is 5.32 Å². The van der Waals surface area contributed by atoms with Gasteiger partial charge in [0.15, 0.2) is 0 Å². The van der Waals surface area contributed by atoms with Crippen LogP contribution in [0.3, 0.4) is 0 Å². The van der Waals surface area contributed by atoms with Crippen LogP contribution in [-0.4, -0.2) is 73.4 Å². The molecule has 70 heavy (non-hydrogen) atoms. The van der Waals surface area contributed by atoms with E-state index in [1.807, 2.05) is 27.2 Å². The van der Waals surface area contributed by atoms with Crippen molar-refractivity contribution in [3.63, 3.8) is 0 Å². The number of allylic oxidation sites excluding steroid dienone is 15. The van der Waals surface area contributed by atoms with E-state index in [0.717, 1.165) is 96.3 Å². The maximum absolute atomic E-state index is 13.0. The fraction of sp³-hybridized carbons (Fsp3) is 0.721. The molecule has 0 fully saturated rings. The van der Waals surface area contributed by atoms with Crippen LogP contribution in [0, 0.1) is 0 Å². The molecule has 1 amide bonds. The summed E-state index contributed by atoms with van der Waals surface area (Å²) in [6, 6.07) is -0.888. The van der Waals surface area contributed by atoms with Crippen molar-refractivity contribution in [3.8, 4) is 0 Å². The summed E-state index contributed by atoms with van der Waals surface area (Å²) >= 11 is 0. The third-order valence-corrected chi connectivity index (χ3v) is 13.2. The average Bonchev–Trinajstić information content (AvgIpc) is 3.32. The molecule has 0 aromatic heterocycles. The van der Waals surface area contributed by atoms with Crippen LogP contribution >= 0.6 is 7.82 Å². The Labute approximate surface area is 432 Å². The Bertz CT molecular complexity index is 1460. The molecule has 0 spiro atoms. The number of aliphatic hydroxyl groups is 1. The number of carbonyl (C=O) groups is 1. The Morgan fingerprint density at radius 3 is 1.31 bits per heavy atom. The number of amides is 1. The van der Waals surface area contributed by atoms with Crippen molar-refractivity contribution in [2.45, 2.75) is 244 Å². The van der Waals surface area contributed by atoms with Gasteiger partial charge in [0.2, 0.25) is 5.91 Å². The molecule has 3 N–H and O–H groups in total. The second-order valence-electron chi connectivity index (χ2n) is 20.3. The molecule has 8 nitrogen and oxygen atoms in total. The highest BCUT2D eigenvalue weighted by Gasteiger charge is 2.27. The van der Waals surface area contributed by atoms with Gasteiger partial charge in [-0.15, -0.1) is 0 Å². The van der Waals surface area contributed by atoms with Gasteiger partial charge in [0.1, 0.15) is 13.2 Å². The van der Waals surface area contributed by atoms with Crippen molar-refractivity contribution in [1.82, 2.24) is 5.32 Å². The van der Waals surface area contributed by atoms with Gasteiger partial charge in [0.05, 0.1) is 39.9 Å². The largest absolute Gasteiger partial charge is 0.472 e. The number of likely N-dealkylation sites (N-methyl/N-ethyl adjacent to an activating group) is 1. The smallest absolute Gasteiger partial charge is 0.387 e. The van der Waals surface area contributed by atoms with Gasteiger partial charge in [-0.05, 0) is 89.9 Å². The van der Waals surface area contributed by atoms with E-state index in [0.29, 0.717) is 17.4 Å². The van der Waals surface area contributed by atoms with Gasteiger partial charge in [0.25, 0.3) is 0 Å². The van der Waals surface area contributed by atoms with Gasteiger partial charge < -0.3 is 19.8 Å². The minimum absolute atomic E-state index is 0.0441. The zero-order valence-electron chi connectivity index (χ0n) is 46.0. The highest BCUT2D eigenvalue weighted by atomic mass is 31.2. The predicted molar refractivity (Wildman–Crippen MR) is 304 cm³/mol. The van der Waals surface area contributed by atoms with Gasteiger partial charge in [-0.2, -0.15) is 0 Å². The van der Waals surface area contributed by atoms with Crippen LogP contribution in [0.15, 0.2) is 97.2 Å². The quantitative estimate of drug-likeness (QED) is 0.0243. The van der Waals surface area contributed by atoms with Gasteiger partial charge in [-0.25, -0.2) is 4.57 Å². The number of carbonyl (C=O) groups excluding carboxylic acids is 1. The molecule has 0 rings (SSSR count). The maximum atomic E-state index is 13.0. The molecule has 0 aromatic carbocycles. The Kier molecular flexibility index (Phi) is 49.4. The number of quaternary nitrogens is 1. The number of hydrogen-bond donors (Lipinski definition) is 3. The standard InChI is InChI=1S/C61H109N2O6P/c1-6-8-10-12-14-16-18-20-22-24-26-28-29-30-31-32-33-35-36-38-40-42-44-46-48-50-52-54-60(64)59(58-69-70(66,67)68-57-56-63(3,4)5)62-61(65)55-53-51-49-47-45-43-41-39-37-34-27-25-23-21-19-17-15-13-11-9-7-2/h9,11,15,17,21,23,27,34,36,38-39,41,44,46,52,54,59-60,64H,6-8,10,12-14,16,18-20,22,24-26,28-33,35,37,40,42-43,45,47-51,53,55-58H2,1-5H3,(H-,62,65,66,67)/p+1/b11-9-,17-15-,23-21-,34-27-,38-36+,41-39-,46-44+,54-52+. The second kappa shape index (κ2) is 51.3. The molecule has 0 heterocycles. The molecule has 3 atom stereocenters. The van der Waals surface area contributed by atoms with Gasteiger partial charge in [-0.3, -0.25) is 13.8 Å². The molecule has 0 aliphatic carbocycles. The number of unbranched alkanes of at least 4 members (excludes halogenated alkanes) is 24. The SMILES string of the molecule is CC/C=C\C/C=C\C/C=C\C/C=C\C/C=C\CCCCCCCC(=O)NC(COP(=O)(O)OCC[N+](C)(C)C)C(O)/C=C/CC/C=C/CC/C=C/CCCCCCCCCCCCCCCCCCC. The number of phosphoric acid groups is 1. The lowest BCUT2D eigenvalue weighted by atomic mass is 10.0. The third kappa shape index (κ3) is 53.2. The van der Waals surface area contributed by atoms with E-state index >= 15 is 0 Å². The van der Waals surface area contributed by atoms with E-state index in [9.17, 15) is 19.4 Å². The topological polar surface area (TPSA) is 105 Å². The van der Waals surface area contributed by atoms with E-state index in [2.05, 4.69) is 104 Å². The van der Waals surface area contributed by atoms with Crippen molar-refractivity contribution in [1.29, 1.82) is 0 Å². The molecule has 404 valence electrons. The minimum Gasteiger partial charge on any atom is -0.387 e. The first-order valence-electron chi connectivity index (χ1n) is 28.6. The summed E-state index contributed by atoms with van der Waals surface area (Å²) in [7, 11) is 1.52. The van der Waals surface area contributed by atoms with E-state index in [4.69, 9.17) is 9.05 Å². The van der Waals surface area contributed by atoms with Crippen LogP contribution in [-0.2, 0) is 18.4 Å². The molecule has 0 radical (unpaired) electrons.